The lowest BCUT2D eigenvalue weighted by Gasteiger charge is -2.54. The van der Waals surface area contributed by atoms with E-state index in [1.807, 2.05) is 16.8 Å². The molecule has 6 nitrogen and oxygen atoms in total. The van der Waals surface area contributed by atoms with E-state index in [1.54, 1.807) is 19.4 Å². The van der Waals surface area contributed by atoms with E-state index in [0.29, 0.717) is 17.0 Å². The summed E-state index contributed by atoms with van der Waals surface area (Å²) in [5.41, 5.74) is 3.78. The zero-order chi connectivity index (χ0) is 17.0. The van der Waals surface area contributed by atoms with E-state index in [9.17, 15) is 0 Å². The Morgan fingerprint density at radius 2 is 2.08 bits per heavy atom. The highest BCUT2D eigenvalue weighted by Gasteiger charge is 2.49. The van der Waals surface area contributed by atoms with Crippen LogP contribution in [-0.4, -0.2) is 31.7 Å². The van der Waals surface area contributed by atoms with E-state index in [-0.39, 0.29) is 5.28 Å². The van der Waals surface area contributed by atoms with Gasteiger partial charge in [-0.1, -0.05) is 6.42 Å². The highest BCUT2D eigenvalue weighted by Crippen LogP contribution is 2.62. The van der Waals surface area contributed by atoms with Crippen LogP contribution >= 0.6 is 11.6 Å². The van der Waals surface area contributed by atoms with E-state index in [1.165, 1.54) is 32.1 Å². The van der Waals surface area contributed by atoms with Crippen LogP contribution in [0.5, 0.6) is 5.75 Å². The van der Waals surface area contributed by atoms with Gasteiger partial charge in [0.05, 0.1) is 19.0 Å². The summed E-state index contributed by atoms with van der Waals surface area (Å²) in [5.74, 6) is 1.31. The highest BCUT2D eigenvalue weighted by atomic mass is 35.5. The summed E-state index contributed by atoms with van der Waals surface area (Å²) in [6.45, 7) is 0. The first-order valence-electron chi connectivity index (χ1n) is 8.59. The third kappa shape index (κ3) is 2.39. The van der Waals surface area contributed by atoms with Crippen LogP contribution in [0.3, 0.4) is 0 Å². The molecule has 0 N–H and O–H groups in total. The molecular weight excluding hydrogens is 338 g/mol. The van der Waals surface area contributed by atoms with Crippen LogP contribution < -0.4 is 4.74 Å². The van der Waals surface area contributed by atoms with Gasteiger partial charge in [0.25, 0.3) is 0 Å². The quantitative estimate of drug-likeness (QED) is 0.667. The van der Waals surface area contributed by atoms with Gasteiger partial charge in [-0.25, -0.2) is 19.5 Å². The molecule has 25 heavy (non-hydrogen) atoms. The molecule has 0 amide bonds. The van der Waals surface area contributed by atoms with E-state index >= 15 is 0 Å². The lowest BCUT2D eigenvalue weighted by molar-refractivity contribution is 0.00647. The van der Waals surface area contributed by atoms with E-state index in [2.05, 4.69) is 15.0 Å². The minimum Gasteiger partial charge on any atom is -0.495 e. The van der Waals surface area contributed by atoms with Gasteiger partial charge in [-0.15, -0.1) is 0 Å². The van der Waals surface area contributed by atoms with Crippen molar-refractivity contribution in [1.29, 1.82) is 0 Å². The number of imidazole rings is 1. The SMILES string of the molecule is COc1cc2nc(-c3ccnc(Cl)n3)cn2nc1C1CC2(CCC2)C1. The van der Waals surface area contributed by atoms with Crippen molar-refractivity contribution in [2.75, 3.05) is 7.11 Å². The number of hydrogen-bond acceptors (Lipinski definition) is 5. The van der Waals surface area contributed by atoms with Gasteiger partial charge in [0.1, 0.15) is 17.1 Å². The summed E-state index contributed by atoms with van der Waals surface area (Å²) in [6, 6.07) is 3.75. The molecule has 3 heterocycles. The van der Waals surface area contributed by atoms with Gasteiger partial charge in [-0.05, 0) is 48.8 Å². The molecule has 2 aliphatic rings. The Balaban J connectivity index is 1.53. The molecule has 3 aromatic rings. The van der Waals surface area contributed by atoms with Crippen LogP contribution in [-0.2, 0) is 0 Å². The summed E-state index contributed by atoms with van der Waals surface area (Å²) in [4.78, 5) is 12.7. The molecule has 2 aliphatic carbocycles. The van der Waals surface area contributed by atoms with Crippen molar-refractivity contribution in [3.05, 3.63) is 35.5 Å². The lowest BCUT2D eigenvalue weighted by atomic mass is 9.51. The number of aromatic nitrogens is 5. The second-order valence-electron chi connectivity index (χ2n) is 7.20. The van der Waals surface area contributed by atoms with Crippen molar-refractivity contribution in [3.63, 3.8) is 0 Å². The predicted octanol–water partition coefficient (Wildman–Crippen LogP) is 3.90. The first-order valence-corrected chi connectivity index (χ1v) is 8.97. The monoisotopic (exact) mass is 355 g/mol. The Bertz CT molecular complexity index is 957. The molecule has 0 saturated heterocycles. The van der Waals surface area contributed by atoms with Gasteiger partial charge < -0.3 is 4.74 Å². The zero-order valence-electron chi connectivity index (χ0n) is 13.9. The van der Waals surface area contributed by atoms with Crippen molar-refractivity contribution in [2.45, 2.75) is 38.0 Å². The topological polar surface area (TPSA) is 65.2 Å². The molecular formula is C18H18ClN5O. The number of rotatable bonds is 3. The van der Waals surface area contributed by atoms with E-state index in [0.717, 1.165) is 22.8 Å². The molecule has 128 valence electrons. The zero-order valence-corrected chi connectivity index (χ0v) is 14.7. The van der Waals surface area contributed by atoms with Crippen molar-refractivity contribution in [1.82, 2.24) is 24.6 Å². The number of ether oxygens (including phenoxy) is 1. The highest BCUT2D eigenvalue weighted by molar-refractivity contribution is 6.28. The largest absolute Gasteiger partial charge is 0.495 e. The van der Waals surface area contributed by atoms with Crippen LogP contribution in [0, 0.1) is 5.41 Å². The molecule has 0 aliphatic heterocycles. The number of hydrogen-bond donors (Lipinski definition) is 0. The van der Waals surface area contributed by atoms with E-state index < -0.39 is 0 Å². The van der Waals surface area contributed by atoms with Gasteiger partial charge in [-0.3, -0.25) is 0 Å². The smallest absolute Gasteiger partial charge is 0.222 e. The summed E-state index contributed by atoms with van der Waals surface area (Å²) >= 11 is 5.89. The Morgan fingerprint density at radius 1 is 1.24 bits per heavy atom. The fourth-order valence-electron chi connectivity index (χ4n) is 4.23. The summed E-state index contributed by atoms with van der Waals surface area (Å²) in [5, 5.41) is 5.02. The molecule has 2 saturated carbocycles. The normalized spacial score (nSPS) is 19.0. The molecule has 2 fully saturated rings. The lowest BCUT2D eigenvalue weighted by Crippen LogP contribution is -2.41. The predicted molar refractivity (Wildman–Crippen MR) is 93.8 cm³/mol. The van der Waals surface area contributed by atoms with Crippen LogP contribution in [0.2, 0.25) is 5.28 Å². The molecule has 7 heteroatoms. The first-order chi connectivity index (χ1) is 12.2. The van der Waals surface area contributed by atoms with Gasteiger partial charge in [-0.2, -0.15) is 5.10 Å². The number of nitrogens with zero attached hydrogens (tertiary/aromatic N) is 5. The second kappa shape index (κ2) is 5.39. The van der Waals surface area contributed by atoms with Crippen molar-refractivity contribution >= 4 is 17.2 Å². The minimum absolute atomic E-state index is 0.209. The Kier molecular flexibility index (Phi) is 3.25. The average molecular weight is 356 g/mol. The van der Waals surface area contributed by atoms with Gasteiger partial charge in [0.15, 0.2) is 5.65 Å². The maximum absolute atomic E-state index is 5.89. The Labute approximate surface area is 150 Å². The third-order valence-corrected chi connectivity index (χ3v) is 5.89. The maximum Gasteiger partial charge on any atom is 0.222 e. The molecule has 1 spiro atoms. The fraction of sp³-hybridized carbons (Fsp3) is 0.444. The fourth-order valence-corrected chi connectivity index (χ4v) is 4.38. The second-order valence-corrected chi connectivity index (χ2v) is 7.53. The van der Waals surface area contributed by atoms with Crippen LogP contribution in [0.25, 0.3) is 17.0 Å². The number of halogens is 1. The van der Waals surface area contributed by atoms with Gasteiger partial charge in [0.2, 0.25) is 5.28 Å². The average Bonchev–Trinajstić information content (AvgIpc) is 2.94. The van der Waals surface area contributed by atoms with E-state index in [4.69, 9.17) is 21.4 Å². The van der Waals surface area contributed by atoms with Crippen molar-refractivity contribution < 1.29 is 4.74 Å². The Hall–Kier alpha value is -2.21. The summed E-state index contributed by atoms with van der Waals surface area (Å²) < 4.78 is 7.42. The molecule has 0 aromatic carbocycles. The molecule has 0 radical (unpaired) electrons. The van der Waals surface area contributed by atoms with Crippen LogP contribution in [0.1, 0.15) is 43.7 Å². The molecule has 3 aromatic heterocycles. The molecule has 0 atom stereocenters. The van der Waals surface area contributed by atoms with Crippen molar-refractivity contribution in [2.24, 2.45) is 5.41 Å². The molecule has 0 bridgehead atoms. The number of fused-ring (bicyclic) bond motifs is 1. The van der Waals surface area contributed by atoms with Gasteiger partial charge in [0, 0.05) is 18.2 Å². The molecule has 0 unspecified atom stereocenters. The number of methoxy groups -OCH3 is 1. The Morgan fingerprint density at radius 3 is 2.76 bits per heavy atom. The maximum atomic E-state index is 5.89. The minimum atomic E-state index is 0.209. The first kappa shape index (κ1) is 15.1. The third-order valence-electron chi connectivity index (χ3n) is 5.71. The standard InChI is InChI=1S/C18H18ClN5O/c1-25-14-7-15-21-13(12-3-6-20-17(19)22-12)10-24(15)23-16(14)11-8-18(9-11)4-2-5-18/h3,6-7,10-11H,2,4-5,8-9H2,1H3. The summed E-state index contributed by atoms with van der Waals surface area (Å²) in [7, 11) is 1.70. The van der Waals surface area contributed by atoms with Crippen LogP contribution in [0.15, 0.2) is 24.5 Å². The van der Waals surface area contributed by atoms with Crippen molar-refractivity contribution in [3.8, 4) is 17.1 Å². The van der Waals surface area contributed by atoms with Crippen LogP contribution in [0.4, 0.5) is 0 Å². The molecule has 5 rings (SSSR count). The van der Waals surface area contributed by atoms with Gasteiger partial charge >= 0.3 is 0 Å². The summed E-state index contributed by atoms with van der Waals surface area (Å²) in [6.07, 6.45) is 10.1.